The molecule has 2 N–H and O–H groups in total. The van der Waals surface area contributed by atoms with Gasteiger partial charge in [0.2, 0.25) is 10.0 Å². The molecule has 1 aliphatic heterocycles. The number of ether oxygens (including phenoxy) is 1. The number of guanidine groups is 1. The lowest BCUT2D eigenvalue weighted by molar-refractivity contribution is 0.357. The van der Waals surface area contributed by atoms with E-state index in [1.165, 1.54) is 15.4 Å². The van der Waals surface area contributed by atoms with Crippen molar-refractivity contribution in [1.29, 1.82) is 0 Å². The van der Waals surface area contributed by atoms with Gasteiger partial charge in [-0.25, -0.2) is 12.7 Å². The van der Waals surface area contributed by atoms with Gasteiger partial charge in [0.05, 0.1) is 18.9 Å². The van der Waals surface area contributed by atoms with Crippen LogP contribution in [0, 0.1) is 0 Å². The van der Waals surface area contributed by atoms with Crippen molar-refractivity contribution >= 4 is 40.0 Å². The molecule has 1 aliphatic rings. The summed E-state index contributed by atoms with van der Waals surface area (Å²) in [6.45, 7) is 9.14. The van der Waals surface area contributed by atoms with E-state index < -0.39 is 10.0 Å². The van der Waals surface area contributed by atoms with Gasteiger partial charge in [-0.2, -0.15) is 0 Å². The maximum Gasteiger partial charge on any atom is 0.215 e. The van der Waals surface area contributed by atoms with Crippen LogP contribution in [-0.2, 0) is 22.9 Å². The van der Waals surface area contributed by atoms with E-state index in [9.17, 15) is 8.42 Å². The molecular weight excluding hydrogens is 491 g/mol. The number of hydrogen-bond acceptors (Lipinski definition) is 4. The third kappa shape index (κ3) is 7.40. The van der Waals surface area contributed by atoms with Crippen LogP contribution in [0.15, 0.2) is 23.2 Å². The zero-order chi connectivity index (χ0) is 19.7. The van der Waals surface area contributed by atoms with E-state index >= 15 is 0 Å². The topological polar surface area (TPSA) is 83.0 Å². The van der Waals surface area contributed by atoms with Crippen molar-refractivity contribution in [3.8, 4) is 5.75 Å². The first-order valence-corrected chi connectivity index (χ1v) is 11.4. The summed E-state index contributed by atoms with van der Waals surface area (Å²) < 4.78 is 31.5. The molecule has 0 spiro atoms. The number of sulfonamides is 1. The van der Waals surface area contributed by atoms with Crippen LogP contribution in [0.1, 0.15) is 31.9 Å². The number of nitrogens with zero attached hydrogens (tertiary/aromatic N) is 2. The zero-order valence-corrected chi connectivity index (χ0v) is 20.2. The number of nitrogens with one attached hydrogen (secondary N) is 2. The Morgan fingerprint density at radius 1 is 1.21 bits per heavy atom. The average Bonchev–Trinajstić information content (AvgIpc) is 3.10. The second kappa shape index (κ2) is 12.5. The molecule has 160 valence electrons. The first-order chi connectivity index (χ1) is 13.0. The smallest absolute Gasteiger partial charge is 0.215 e. The van der Waals surface area contributed by atoms with E-state index in [1.807, 2.05) is 26.8 Å². The summed E-state index contributed by atoms with van der Waals surface area (Å²) >= 11 is 0. The van der Waals surface area contributed by atoms with Gasteiger partial charge in [-0.3, -0.25) is 4.99 Å². The van der Waals surface area contributed by atoms with Crippen molar-refractivity contribution in [2.75, 3.05) is 45.1 Å². The largest absolute Gasteiger partial charge is 0.493 e. The first kappa shape index (κ1) is 25.0. The molecule has 0 bridgehead atoms. The monoisotopic (exact) mass is 524 g/mol. The van der Waals surface area contributed by atoms with Crippen molar-refractivity contribution < 1.29 is 13.2 Å². The van der Waals surface area contributed by atoms with Gasteiger partial charge >= 0.3 is 0 Å². The van der Waals surface area contributed by atoms with Crippen LogP contribution < -0.4 is 15.4 Å². The second-order valence-electron chi connectivity index (χ2n) is 6.38. The van der Waals surface area contributed by atoms with E-state index in [0.717, 1.165) is 38.3 Å². The highest BCUT2D eigenvalue weighted by molar-refractivity contribution is 14.0. The molecule has 2 rings (SSSR count). The fraction of sp³-hybridized carbons (Fsp3) is 0.632. The SMILES string of the molecule is CCNC(=NCCS(=O)(=O)N(CC)CC)NCCc1ccc2c(c1)CCO2.I. The van der Waals surface area contributed by atoms with Crippen molar-refractivity contribution in [3.05, 3.63) is 29.3 Å². The molecule has 1 heterocycles. The summed E-state index contributed by atoms with van der Waals surface area (Å²) in [7, 11) is -3.24. The van der Waals surface area contributed by atoms with Crippen LogP contribution in [0.2, 0.25) is 0 Å². The molecule has 0 saturated heterocycles. The quantitative estimate of drug-likeness (QED) is 0.278. The summed E-state index contributed by atoms with van der Waals surface area (Å²) in [6, 6.07) is 6.33. The lowest BCUT2D eigenvalue weighted by Gasteiger charge is -2.18. The summed E-state index contributed by atoms with van der Waals surface area (Å²) in [6.07, 6.45) is 1.84. The predicted molar refractivity (Wildman–Crippen MR) is 125 cm³/mol. The lowest BCUT2D eigenvalue weighted by atomic mass is 10.1. The van der Waals surface area contributed by atoms with Crippen LogP contribution in [0.4, 0.5) is 0 Å². The molecule has 0 aliphatic carbocycles. The summed E-state index contributed by atoms with van der Waals surface area (Å²) in [5, 5.41) is 6.44. The molecule has 0 amide bonds. The van der Waals surface area contributed by atoms with Gasteiger partial charge in [0.25, 0.3) is 0 Å². The van der Waals surface area contributed by atoms with E-state index in [0.29, 0.717) is 19.0 Å². The Kier molecular flexibility index (Phi) is 11.1. The van der Waals surface area contributed by atoms with E-state index in [2.05, 4.69) is 27.8 Å². The van der Waals surface area contributed by atoms with Crippen molar-refractivity contribution in [2.24, 2.45) is 4.99 Å². The molecule has 1 aromatic carbocycles. The molecule has 0 fully saturated rings. The Bertz CT molecular complexity index is 737. The molecule has 0 radical (unpaired) electrons. The van der Waals surface area contributed by atoms with E-state index in [-0.39, 0.29) is 36.3 Å². The number of rotatable bonds is 10. The highest BCUT2D eigenvalue weighted by Gasteiger charge is 2.18. The van der Waals surface area contributed by atoms with Crippen molar-refractivity contribution in [2.45, 2.75) is 33.6 Å². The Labute approximate surface area is 186 Å². The number of benzene rings is 1. The Morgan fingerprint density at radius 2 is 1.96 bits per heavy atom. The van der Waals surface area contributed by atoms with Crippen LogP contribution in [-0.4, -0.2) is 63.8 Å². The van der Waals surface area contributed by atoms with Crippen LogP contribution in [0.25, 0.3) is 0 Å². The molecule has 0 unspecified atom stereocenters. The third-order valence-electron chi connectivity index (χ3n) is 4.52. The van der Waals surface area contributed by atoms with Gasteiger partial charge in [-0.05, 0) is 30.5 Å². The maximum absolute atomic E-state index is 12.2. The minimum absolute atomic E-state index is 0. The Hall–Kier alpha value is -1.07. The minimum Gasteiger partial charge on any atom is -0.493 e. The third-order valence-corrected chi connectivity index (χ3v) is 6.52. The van der Waals surface area contributed by atoms with E-state index in [4.69, 9.17) is 4.74 Å². The van der Waals surface area contributed by atoms with Gasteiger partial charge in [0.1, 0.15) is 5.75 Å². The number of fused-ring (bicyclic) bond motifs is 1. The Morgan fingerprint density at radius 3 is 2.64 bits per heavy atom. The number of halogens is 1. The van der Waals surface area contributed by atoms with Crippen LogP contribution in [0.3, 0.4) is 0 Å². The summed E-state index contributed by atoms with van der Waals surface area (Å²) in [5.41, 5.74) is 2.53. The van der Waals surface area contributed by atoms with Gasteiger partial charge in [-0.1, -0.05) is 26.0 Å². The molecule has 0 saturated carbocycles. The fourth-order valence-corrected chi connectivity index (χ4v) is 4.45. The molecule has 7 nitrogen and oxygen atoms in total. The minimum atomic E-state index is -3.24. The van der Waals surface area contributed by atoms with Gasteiger partial charge in [0, 0.05) is 32.6 Å². The molecule has 28 heavy (non-hydrogen) atoms. The predicted octanol–water partition coefficient (Wildman–Crippen LogP) is 2.01. The van der Waals surface area contributed by atoms with Gasteiger partial charge < -0.3 is 15.4 Å². The standard InChI is InChI=1S/C19H32N4O3S.HI/c1-4-20-19(22-12-14-27(24,25)23(5-2)6-3)21-11-9-16-7-8-18-17(15-16)10-13-26-18;/h7-8,15H,4-6,9-14H2,1-3H3,(H2,20,21,22);1H. The highest BCUT2D eigenvalue weighted by Crippen LogP contribution is 2.25. The lowest BCUT2D eigenvalue weighted by Crippen LogP contribution is -2.39. The second-order valence-corrected chi connectivity index (χ2v) is 8.47. The zero-order valence-electron chi connectivity index (χ0n) is 17.0. The summed E-state index contributed by atoms with van der Waals surface area (Å²) in [4.78, 5) is 4.41. The van der Waals surface area contributed by atoms with E-state index in [1.54, 1.807) is 0 Å². The molecular formula is C19H33IN4O3S. The van der Waals surface area contributed by atoms with Crippen LogP contribution >= 0.6 is 24.0 Å². The van der Waals surface area contributed by atoms with Crippen LogP contribution in [0.5, 0.6) is 5.75 Å². The van der Waals surface area contributed by atoms with Crippen molar-refractivity contribution in [3.63, 3.8) is 0 Å². The highest BCUT2D eigenvalue weighted by atomic mass is 127. The number of hydrogen-bond donors (Lipinski definition) is 2. The van der Waals surface area contributed by atoms with Crippen molar-refractivity contribution in [1.82, 2.24) is 14.9 Å². The molecule has 9 heteroatoms. The maximum atomic E-state index is 12.2. The first-order valence-electron chi connectivity index (χ1n) is 9.74. The average molecular weight is 524 g/mol. The normalized spacial score (nSPS) is 13.6. The molecule has 1 aromatic rings. The van der Waals surface area contributed by atoms with Gasteiger partial charge in [-0.15, -0.1) is 24.0 Å². The number of aliphatic imine (C=N–C) groups is 1. The molecule has 0 atom stereocenters. The summed E-state index contributed by atoms with van der Waals surface area (Å²) in [5.74, 6) is 1.67. The Balaban J connectivity index is 0.00000392. The van der Waals surface area contributed by atoms with Gasteiger partial charge in [0.15, 0.2) is 5.96 Å². The molecule has 0 aromatic heterocycles. The fourth-order valence-electron chi connectivity index (χ4n) is 3.08.